The molecule has 1 aromatic rings. The van der Waals surface area contributed by atoms with E-state index in [-0.39, 0.29) is 34.7 Å². The first-order valence-electron chi connectivity index (χ1n) is 9.30. The molecule has 9 nitrogen and oxygen atoms in total. The van der Waals surface area contributed by atoms with Gasteiger partial charge in [-0.15, -0.1) is 11.8 Å². The first-order chi connectivity index (χ1) is 13.7. The molecule has 156 valence electrons. The van der Waals surface area contributed by atoms with Crippen molar-refractivity contribution in [1.29, 1.82) is 0 Å². The number of amides is 2. The Kier molecular flexibility index (Phi) is 5.16. The fraction of sp³-hybridized carbons (Fsp3) is 0.556. The Bertz CT molecular complexity index is 925. The average Bonchev–Trinajstić information content (AvgIpc) is 3.27. The molecule has 3 aliphatic rings. The maximum absolute atomic E-state index is 12.3. The molecule has 0 aromatic carbocycles. The van der Waals surface area contributed by atoms with Crippen LogP contribution in [0, 0.1) is 5.92 Å². The summed E-state index contributed by atoms with van der Waals surface area (Å²) in [6.07, 6.45) is 3.88. The van der Waals surface area contributed by atoms with Gasteiger partial charge in [0.05, 0.1) is 28.1 Å². The Hall–Kier alpha value is -1.98. The maximum Gasteiger partial charge on any atom is 0.354 e. The van der Waals surface area contributed by atoms with Crippen LogP contribution in [-0.2, 0) is 27.5 Å². The summed E-state index contributed by atoms with van der Waals surface area (Å²) in [7, 11) is 3.43. The van der Waals surface area contributed by atoms with E-state index in [9.17, 15) is 24.6 Å². The third-order valence-electron chi connectivity index (χ3n) is 5.41. The lowest BCUT2D eigenvalue weighted by Crippen LogP contribution is -2.60. The van der Waals surface area contributed by atoms with Crippen LogP contribution in [0.4, 0.5) is 0 Å². The lowest BCUT2D eigenvalue weighted by atomic mass is 9.92. The van der Waals surface area contributed by atoms with Crippen molar-refractivity contribution in [1.82, 2.24) is 14.4 Å². The third-order valence-corrected chi connectivity index (χ3v) is 8.31. The summed E-state index contributed by atoms with van der Waals surface area (Å²) >= 11 is 2.80. The van der Waals surface area contributed by atoms with E-state index in [4.69, 9.17) is 0 Å². The van der Waals surface area contributed by atoms with Gasteiger partial charge in [0.2, 0.25) is 12.2 Å². The molecule has 1 saturated heterocycles. The van der Waals surface area contributed by atoms with E-state index >= 15 is 0 Å². The average molecular weight is 440 g/mol. The topological polar surface area (TPSA) is 107 Å². The molecule has 4 rings (SSSR count). The number of imidazole rings is 1. The summed E-state index contributed by atoms with van der Waals surface area (Å²) in [5, 5.41) is 19.2. The van der Waals surface area contributed by atoms with E-state index in [2.05, 4.69) is 4.57 Å². The van der Waals surface area contributed by atoms with Gasteiger partial charge in [-0.05, 0) is 6.92 Å². The number of fused-ring (bicyclic) bond motifs is 2. The number of hydrogen-bond acceptors (Lipinski definition) is 6. The van der Waals surface area contributed by atoms with E-state index in [1.165, 1.54) is 28.4 Å². The monoisotopic (exact) mass is 439 g/mol. The van der Waals surface area contributed by atoms with Crippen LogP contribution < -0.4 is 4.57 Å². The highest BCUT2D eigenvalue weighted by molar-refractivity contribution is 8.22. The number of likely N-dealkylation sites (N-methyl/N-ethyl adjacent to an activating group) is 1. The summed E-state index contributed by atoms with van der Waals surface area (Å²) < 4.78 is 4.54. The molecule has 0 bridgehead atoms. The van der Waals surface area contributed by atoms with Crippen LogP contribution in [0.5, 0.6) is 0 Å². The zero-order valence-electron chi connectivity index (χ0n) is 16.3. The minimum Gasteiger partial charge on any atom is -0.477 e. The van der Waals surface area contributed by atoms with Crippen molar-refractivity contribution in [2.75, 3.05) is 14.1 Å². The highest BCUT2D eigenvalue weighted by Crippen LogP contribution is 2.57. The minimum absolute atomic E-state index is 0.00208. The first-order valence-corrected chi connectivity index (χ1v) is 11.1. The van der Waals surface area contributed by atoms with E-state index in [1.807, 2.05) is 17.1 Å². The Labute approximate surface area is 176 Å². The summed E-state index contributed by atoms with van der Waals surface area (Å²) in [4.78, 5) is 39.0. The van der Waals surface area contributed by atoms with Gasteiger partial charge in [0, 0.05) is 20.5 Å². The molecule has 3 aliphatic heterocycles. The predicted molar refractivity (Wildman–Crippen MR) is 106 cm³/mol. The largest absolute Gasteiger partial charge is 0.477 e. The van der Waals surface area contributed by atoms with Crippen molar-refractivity contribution >= 4 is 41.3 Å². The van der Waals surface area contributed by atoms with Crippen LogP contribution in [0.2, 0.25) is 0 Å². The van der Waals surface area contributed by atoms with Gasteiger partial charge >= 0.3 is 5.97 Å². The standard InChI is InChI=1S/C18H22N4O5S2/c1-9(23)13-15(25)22-14(17(26)27)18(29-16(13)22)28-11-4-5-21-8-20(6-10(11)21)7-12(24)19(2)3/h6,8-9,11,13,16,23H,4-5,7H2,1-3H3/p+1/t9-,11-,13+,16-/m1/s1. The number of aliphatic hydroxyl groups is 1. The highest BCUT2D eigenvalue weighted by atomic mass is 32.2. The molecule has 4 atom stereocenters. The van der Waals surface area contributed by atoms with Gasteiger partial charge < -0.3 is 15.1 Å². The molecule has 0 spiro atoms. The number of carboxylic acids is 1. The number of aromatic nitrogens is 2. The Morgan fingerprint density at radius 1 is 1.45 bits per heavy atom. The number of carbonyl (C=O) groups excluding carboxylic acids is 2. The molecule has 0 unspecified atom stereocenters. The highest BCUT2D eigenvalue weighted by Gasteiger charge is 2.58. The van der Waals surface area contributed by atoms with Crippen LogP contribution in [-0.4, -0.2) is 67.9 Å². The normalized spacial score (nSPS) is 26.3. The fourth-order valence-electron chi connectivity index (χ4n) is 3.85. The molecule has 2 amide bonds. The van der Waals surface area contributed by atoms with Crippen molar-refractivity contribution in [3.05, 3.63) is 28.2 Å². The molecule has 2 N–H and O–H groups in total. The molecule has 0 radical (unpaired) electrons. The van der Waals surface area contributed by atoms with Gasteiger partial charge in [0.25, 0.3) is 5.91 Å². The number of hydrogen-bond donors (Lipinski definition) is 2. The number of carbonyl (C=O) groups is 3. The Morgan fingerprint density at radius 3 is 2.79 bits per heavy atom. The summed E-state index contributed by atoms with van der Waals surface area (Å²) in [6, 6.07) is 0. The van der Waals surface area contributed by atoms with Gasteiger partial charge in [0.1, 0.15) is 11.6 Å². The van der Waals surface area contributed by atoms with Crippen molar-refractivity contribution in [2.45, 2.75) is 43.2 Å². The minimum atomic E-state index is -1.13. The molecule has 0 aliphatic carbocycles. The molecule has 1 fully saturated rings. The fourth-order valence-corrected chi connectivity index (χ4v) is 7.13. The van der Waals surface area contributed by atoms with Crippen molar-refractivity contribution < 1.29 is 29.2 Å². The molecule has 4 heterocycles. The molecule has 29 heavy (non-hydrogen) atoms. The number of aliphatic carboxylic acids is 1. The quantitative estimate of drug-likeness (QED) is 0.482. The van der Waals surface area contributed by atoms with Gasteiger partial charge in [-0.2, -0.15) is 0 Å². The van der Waals surface area contributed by atoms with Crippen LogP contribution in [0.25, 0.3) is 0 Å². The predicted octanol–water partition coefficient (Wildman–Crippen LogP) is 0.208. The van der Waals surface area contributed by atoms with Crippen molar-refractivity contribution in [3.63, 3.8) is 0 Å². The van der Waals surface area contributed by atoms with E-state index < -0.39 is 18.0 Å². The zero-order chi connectivity index (χ0) is 21.0. The van der Waals surface area contributed by atoms with Crippen molar-refractivity contribution in [3.8, 4) is 0 Å². The van der Waals surface area contributed by atoms with Crippen LogP contribution >= 0.6 is 23.5 Å². The SMILES string of the molecule is C[C@@H](O)[C@H]1C(=O)N2C(C(=O)O)=C(S[C@@H]3CCn4c[n+](CC(=O)N(C)C)cc43)S[C@H]12. The Morgan fingerprint density at radius 2 is 2.17 bits per heavy atom. The molecular formula is C18H23N4O5S2+. The number of nitrogens with zero attached hydrogens (tertiary/aromatic N) is 4. The van der Waals surface area contributed by atoms with Gasteiger partial charge in [-0.25, -0.2) is 13.9 Å². The number of rotatable bonds is 6. The van der Waals surface area contributed by atoms with E-state index in [0.717, 1.165) is 18.7 Å². The second kappa shape index (κ2) is 7.37. The van der Waals surface area contributed by atoms with Crippen molar-refractivity contribution in [2.24, 2.45) is 5.92 Å². The second-order valence-corrected chi connectivity index (χ2v) is 10.2. The van der Waals surface area contributed by atoms with Crippen LogP contribution in [0.1, 0.15) is 24.3 Å². The maximum atomic E-state index is 12.3. The smallest absolute Gasteiger partial charge is 0.354 e. The summed E-state index contributed by atoms with van der Waals surface area (Å²) in [5.41, 5.74) is 1.06. The van der Waals surface area contributed by atoms with Crippen LogP contribution in [0.15, 0.2) is 22.5 Å². The molecule has 0 saturated carbocycles. The molecular weight excluding hydrogens is 416 g/mol. The van der Waals surface area contributed by atoms with Gasteiger partial charge in [-0.3, -0.25) is 14.5 Å². The number of β-lactam (4-membered cyclic amide) rings is 1. The van der Waals surface area contributed by atoms with Gasteiger partial charge in [0.15, 0.2) is 17.9 Å². The second-order valence-electron chi connectivity index (χ2n) is 7.64. The lowest BCUT2D eigenvalue weighted by Gasteiger charge is -2.43. The number of aliphatic hydroxyl groups excluding tert-OH is 1. The zero-order valence-corrected chi connectivity index (χ0v) is 17.9. The molecule has 11 heteroatoms. The third kappa shape index (κ3) is 3.34. The lowest BCUT2D eigenvalue weighted by molar-refractivity contribution is -0.684. The van der Waals surface area contributed by atoms with E-state index in [0.29, 0.717) is 4.24 Å². The Balaban J connectivity index is 1.54. The summed E-state index contributed by atoms with van der Waals surface area (Å²) in [5.74, 6) is -2.03. The van der Waals surface area contributed by atoms with E-state index in [1.54, 1.807) is 25.9 Å². The molecule has 1 aromatic heterocycles. The van der Waals surface area contributed by atoms with Gasteiger partial charge in [-0.1, -0.05) is 11.8 Å². The number of thioether (sulfide) groups is 2. The summed E-state index contributed by atoms with van der Waals surface area (Å²) in [6.45, 7) is 2.60. The number of carboxylic acid groups (broad SMARTS) is 1. The first kappa shape index (κ1) is 20.3. The van der Waals surface area contributed by atoms with Crippen LogP contribution in [0.3, 0.4) is 0 Å². The number of aryl methyl sites for hydroxylation is 1.